The molecule has 43 heavy (non-hydrogen) atoms. The molecule has 3 aromatic heterocycles. The second kappa shape index (κ2) is 11.1. The molecule has 226 valence electrons. The first-order valence-corrected chi connectivity index (χ1v) is 14.4. The van der Waals surface area contributed by atoms with Crippen LogP contribution in [0.3, 0.4) is 0 Å². The van der Waals surface area contributed by atoms with Crippen LogP contribution in [0.4, 0.5) is 19.0 Å². The Morgan fingerprint density at radius 1 is 1.09 bits per heavy atom. The first kappa shape index (κ1) is 28.9. The zero-order chi connectivity index (χ0) is 30.5. The van der Waals surface area contributed by atoms with Gasteiger partial charge in [-0.3, -0.25) is 9.48 Å². The van der Waals surface area contributed by atoms with Gasteiger partial charge < -0.3 is 19.5 Å². The Bertz CT molecular complexity index is 1670. The van der Waals surface area contributed by atoms with Gasteiger partial charge in [0.2, 0.25) is 0 Å². The number of ketones is 1. The van der Waals surface area contributed by atoms with E-state index >= 15 is 0 Å². The molecule has 1 fully saturated rings. The van der Waals surface area contributed by atoms with Gasteiger partial charge in [-0.05, 0) is 63.2 Å². The summed E-state index contributed by atoms with van der Waals surface area (Å²) >= 11 is 0. The fourth-order valence-electron chi connectivity index (χ4n) is 5.79. The molecule has 2 aliphatic rings. The largest absolute Gasteiger partial charge is 0.491 e. The Labute approximate surface area is 247 Å². The highest BCUT2D eigenvalue weighted by atomic mass is 19.4. The van der Waals surface area contributed by atoms with Gasteiger partial charge in [-0.1, -0.05) is 0 Å². The molecule has 0 amide bonds. The molecule has 0 radical (unpaired) electrons. The van der Waals surface area contributed by atoms with Crippen molar-refractivity contribution >= 4 is 11.6 Å². The summed E-state index contributed by atoms with van der Waals surface area (Å²) in [5.41, 5.74) is 1.85. The molecule has 0 aliphatic carbocycles. The van der Waals surface area contributed by atoms with Crippen LogP contribution in [-0.2, 0) is 25.7 Å². The van der Waals surface area contributed by atoms with Crippen molar-refractivity contribution in [3.05, 3.63) is 76.8 Å². The zero-order valence-electron chi connectivity index (χ0n) is 24.6. The first-order chi connectivity index (χ1) is 20.5. The van der Waals surface area contributed by atoms with Crippen LogP contribution in [0.25, 0.3) is 11.1 Å². The molecule has 0 spiro atoms. The van der Waals surface area contributed by atoms with Crippen molar-refractivity contribution in [1.29, 1.82) is 0 Å². The van der Waals surface area contributed by atoms with Crippen molar-refractivity contribution in [1.82, 2.24) is 29.6 Å². The molecular weight excluding hydrogens is 559 g/mol. The Balaban J connectivity index is 1.38. The van der Waals surface area contributed by atoms with Crippen LogP contribution >= 0.6 is 0 Å². The van der Waals surface area contributed by atoms with E-state index in [2.05, 4.69) is 20.3 Å². The molecule has 12 heteroatoms. The van der Waals surface area contributed by atoms with E-state index in [-0.39, 0.29) is 41.4 Å². The normalized spacial score (nSPS) is 17.1. The number of aromatic nitrogens is 5. The monoisotopic (exact) mass is 593 g/mol. The smallest absolute Gasteiger partial charge is 0.435 e. The predicted octanol–water partition coefficient (Wildman–Crippen LogP) is 4.69. The number of imidazole rings is 1. The van der Waals surface area contributed by atoms with Gasteiger partial charge in [-0.25, -0.2) is 9.97 Å². The highest BCUT2D eigenvalue weighted by Gasteiger charge is 2.40. The van der Waals surface area contributed by atoms with Gasteiger partial charge in [0.1, 0.15) is 17.4 Å². The minimum Gasteiger partial charge on any atom is -0.491 e. The number of anilines is 1. The number of benzene rings is 1. The lowest BCUT2D eigenvalue weighted by Gasteiger charge is -2.40. The molecule has 4 aromatic rings. The second-order valence-electron chi connectivity index (χ2n) is 11.3. The van der Waals surface area contributed by atoms with Crippen LogP contribution in [-0.4, -0.2) is 62.9 Å². The number of fused-ring (bicyclic) bond motifs is 1. The SMILES string of the molecule is CCn1cc(-c2cc(Cn3ccnc3C)cc3c2OCC(Cc2cc(C)cc(N4CC(NC)C4)n2)C3=O)c(C(F)(F)F)n1. The van der Waals surface area contributed by atoms with Crippen molar-refractivity contribution < 1.29 is 22.7 Å². The lowest BCUT2D eigenvalue weighted by atomic mass is 9.87. The quantitative estimate of drug-likeness (QED) is 0.317. The van der Waals surface area contributed by atoms with Crippen molar-refractivity contribution in [3.63, 3.8) is 0 Å². The number of hydrogen-bond donors (Lipinski definition) is 1. The summed E-state index contributed by atoms with van der Waals surface area (Å²) in [5, 5.41) is 7.07. The topological polar surface area (TPSA) is 90.1 Å². The molecule has 0 saturated carbocycles. The average Bonchev–Trinajstić information content (AvgIpc) is 3.55. The van der Waals surface area contributed by atoms with E-state index < -0.39 is 17.8 Å². The van der Waals surface area contributed by atoms with Gasteiger partial charge in [0.05, 0.1) is 18.1 Å². The number of halogens is 3. The number of alkyl halides is 3. The Kier molecular flexibility index (Phi) is 7.49. The van der Waals surface area contributed by atoms with Crippen molar-refractivity contribution in [2.45, 2.75) is 52.5 Å². The van der Waals surface area contributed by atoms with Gasteiger partial charge in [0.15, 0.2) is 11.5 Å². The summed E-state index contributed by atoms with van der Waals surface area (Å²) in [6.07, 6.45) is 0.506. The number of likely N-dealkylation sites (N-methyl/N-ethyl adjacent to an activating group) is 1. The number of carbonyl (C=O) groups excluding carboxylic acids is 1. The maximum atomic E-state index is 14.1. The Morgan fingerprint density at radius 3 is 2.53 bits per heavy atom. The van der Waals surface area contributed by atoms with Gasteiger partial charge in [0, 0.05) is 74.1 Å². The lowest BCUT2D eigenvalue weighted by molar-refractivity contribution is -0.141. The molecule has 5 heterocycles. The maximum absolute atomic E-state index is 14.1. The number of rotatable bonds is 8. The number of ether oxygens (including phenoxy) is 1. The number of nitrogens with one attached hydrogen (secondary N) is 1. The van der Waals surface area contributed by atoms with Crippen LogP contribution in [0.5, 0.6) is 5.75 Å². The molecule has 1 N–H and O–H groups in total. The Hall–Kier alpha value is -4.19. The fourth-order valence-corrected chi connectivity index (χ4v) is 5.79. The van der Waals surface area contributed by atoms with Gasteiger partial charge >= 0.3 is 6.18 Å². The third kappa shape index (κ3) is 5.63. The van der Waals surface area contributed by atoms with Crippen molar-refractivity contribution in [2.24, 2.45) is 5.92 Å². The van der Waals surface area contributed by atoms with E-state index in [4.69, 9.17) is 9.72 Å². The summed E-state index contributed by atoms with van der Waals surface area (Å²) in [6.45, 7) is 7.94. The standard InChI is InChI=1S/C31H34F3N7O2/c1-5-41-16-26(30(38-41)31(32,33)34)24-10-20(13-39-7-6-36-19(39)3)11-25-28(42)21(17-43-29(24)25)12-22-8-18(2)9-27(37-22)40-14-23(15-40)35-4/h6-11,16,21,23,35H,5,12-15,17H2,1-4H3. The first-order valence-electron chi connectivity index (χ1n) is 14.4. The molecule has 1 atom stereocenters. The number of hydrogen-bond acceptors (Lipinski definition) is 7. The van der Waals surface area contributed by atoms with E-state index in [1.54, 1.807) is 31.5 Å². The predicted molar refractivity (Wildman–Crippen MR) is 155 cm³/mol. The molecule has 6 rings (SSSR count). The van der Waals surface area contributed by atoms with E-state index in [0.29, 0.717) is 24.6 Å². The van der Waals surface area contributed by atoms with Gasteiger partial charge in [0.25, 0.3) is 0 Å². The van der Waals surface area contributed by atoms with E-state index in [1.165, 1.54) is 10.9 Å². The molecule has 2 aliphatic heterocycles. The van der Waals surface area contributed by atoms with Crippen LogP contribution in [0.1, 0.15) is 45.6 Å². The second-order valence-corrected chi connectivity index (χ2v) is 11.3. The minimum atomic E-state index is -4.68. The van der Waals surface area contributed by atoms with E-state index in [9.17, 15) is 18.0 Å². The number of aryl methyl sites for hydroxylation is 3. The third-order valence-corrected chi connectivity index (χ3v) is 8.21. The molecule has 1 aromatic carbocycles. The van der Waals surface area contributed by atoms with Gasteiger partial charge in [-0.2, -0.15) is 18.3 Å². The summed E-state index contributed by atoms with van der Waals surface area (Å²) in [5.74, 6) is 1.07. The molecule has 1 saturated heterocycles. The summed E-state index contributed by atoms with van der Waals surface area (Å²) in [7, 11) is 1.94. The Morgan fingerprint density at radius 2 is 1.86 bits per heavy atom. The van der Waals surface area contributed by atoms with E-state index in [0.717, 1.165) is 36.0 Å². The van der Waals surface area contributed by atoms with Crippen LogP contribution in [0.2, 0.25) is 0 Å². The van der Waals surface area contributed by atoms with Crippen LogP contribution < -0.4 is 15.0 Å². The number of pyridine rings is 1. The summed E-state index contributed by atoms with van der Waals surface area (Å²) in [6, 6.07) is 7.83. The average molecular weight is 594 g/mol. The highest BCUT2D eigenvalue weighted by Crippen LogP contribution is 2.44. The molecule has 1 unspecified atom stereocenters. The molecular formula is C31H34F3N7O2. The number of nitrogens with zero attached hydrogens (tertiary/aromatic N) is 6. The highest BCUT2D eigenvalue weighted by molar-refractivity contribution is 6.04. The van der Waals surface area contributed by atoms with Crippen molar-refractivity contribution in [2.75, 3.05) is 31.6 Å². The maximum Gasteiger partial charge on any atom is 0.435 e. The fraction of sp³-hybridized carbons (Fsp3) is 0.419. The summed E-state index contributed by atoms with van der Waals surface area (Å²) < 4.78 is 51.7. The summed E-state index contributed by atoms with van der Waals surface area (Å²) in [4.78, 5) is 25.3. The molecule has 0 bridgehead atoms. The zero-order valence-corrected chi connectivity index (χ0v) is 24.6. The molecule has 9 nitrogen and oxygen atoms in total. The number of Topliss-reactive ketones (excluding diaryl/α,β-unsaturated/α-hetero) is 1. The van der Waals surface area contributed by atoms with Gasteiger partial charge in [-0.15, -0.1) is 0 Å². The third-order valence-electron chi connectivity index (χ3n) is 8.21. The number of carbonyl (C=O) groups is 1. The van der Waals surface area contributed by atoms with Crippen molar-refractivity contribution in [3.8, 4) is 16.9 Å². The van der Waals surface area contributed by atoms with Crippen LogP contribution in [0, 0.1) is 19.8 Å². The minimum absolute atomic E-state index is 0.0403. The van der Waals surface area contributed by atoms with E-state index in [1.807, 2.05) is 37.6 Å². The lowest BCUT2D eigenvalue weighted by Crippen LogP contribution is -2.57. The van der Waals surface area contributed by atoms with Crippen LogP contribution in [0.15, 0.2) is 42.9 Å².